The highest BCUT2D eigenvalue weighted by Crippen LogP contribution is 2.19. The summed E-state index contributed by atoms with van der Waals surface area (Å²) in [6, 6.07) is 9.94. The largest absolute Gasteiger partial charge is 0.356 e. The zero-order valence-electron chi connectivity index (χ0n) is 8.50. The molecule has 0 spiro atoms. The van der Waals surface area contributed by atoms with Gasteiger partial charge >= 0.3 is 6.86 Å². The van der Waals surface area contributed by atoms with Gasteiger partial charge in [0.15, 0.2) is 0 Å². The van der Waals surface area contributed by atoms with Crippen molar-refractivity contribution in [2.24, 2.45) is 0 Å². The van der Waals surface area contributed by atoms with Crippen molar-refractivity contribution >= 4 is 34.2 Å². The van der Waals surface area contributed by atoms with Gasteiger partial charge in [0.05, 0.1) is 0 Å². The van der Waals surface area contributed by atoms with E-state index in [-0.39, 0.29) is 0 Å². The van der Waals surface area contributed by atoms with Crippen molar-refractivity contribution in [3.8, 4) is 0 Å². The number of benzene rings is 1. The third kappa shape index (κ3) is 2.51. The average molecular weight is 248 g/mol. The molecule has 0 N–H and O–H groups in total. The molecule has 14 heavy (non-hydrogen) atoms. The molecule has 0 aliphatic heterocycles. The van der Waals surface area contributed by atoms with Crippen molar-refractivity contribution in [2.45, 2.75) is 13.8 Å². The molecule has 0 atom stereocenters. The van der Waals surface area contributed by atoms with E-state index in [0.717, 1.165) is 18.3 Å². The Labute approximate surface area is 96.1 Å². The fourth-order valence-corrected chi connectivity index (χ4v) is 5.39. The molecule has 0 saturated carbocycles. The summed E-state index contributed by atoms with van der Waals surface area (Å²) in [7, 11) is 0. The molecule has 0 unspecified atom stereocenters. The highest BCUT2D eigenvalue weighted by molar-refractivity contribution is 7.49. The van der Waals surface area contributed by atoms with Crippen LogP contribution in [0.5, 0.6) is 0 Å². The van der Waals surface area contributed by atoms with Crippen LogP contribution in [-0.2, 0) is 0 Å². The highest BCUT2D eigenvalue weighted by Gasteiger charge is 2.36. The highest BCUT2D eigenvalue weighted by atomic mass is 35.7. The summed E-state index contributed by atoms with van der Waals surface area (Å²) in [6.07, 6.45) is 0. The van der Waals surface area contributed by atoms with Crippen LogP contribution in [0.2, 0.25) is 0 Å². The minimum atomic E-state index is -2.43. The first-order valence-corrected chi connectivity index (χ1v) is 8.78. The molecule has 78 valence electrons. The normalized spacial score (nSPS) is 12.1. The van der Waals surface area contributed by atoms with Crippen LogP contribution in [0.15, 0.2) is 30.3 Å². The first-order chi connectivity index (χ1) is 6.62. The minimum Gasteiger partial charge on any atom is -0.297 e. The fraction of sp³-hybridized carbons (Fsp3) is 0.400. The molecule has 0 saturated heterocycles. The molecule has 0 bridgehead atoms. The van der Waals surface area contributed by atoms with E-state index in [4.69, 9.17) is 22.2 Å². The van der Waals surface area contributed by atoms with Crippen LogP contribution in [0.1, 0.15) is 13.8 Å². The quantitative estimate of drug-likeness (QED) is 0.585. The molecular formula is C10H15Cl2NSi. The van der Waals surface area contributed by atoms with Crippen molar-refractivity contribution in [3.05, 3.63) is 30.3 Å². The van der Waals surface area contributed by atoms with E-state index in [1.165, 1.54) is 0 Å². The van der Waals surface area contributed by atoms with Crippen molar-refractivity contribution in [3.63, 3.8) is 0 Å². The van der Waals surface area contributed by atoms with Crippen LogP contribution < -0.4 is 5.19 Å². The molecule has 0 aromatic heterocycles. The molecule has 0 heterocycles. The smallest absolute Gasteiger partial charge is 0.297 e. The molecule has 1 rings (SSSR count). The van der Waals surface area contributed by atoms with Gasteiger partial charge in [-0.15, -0.1) is 22.2 Å². The monoisotopic (exact) mass is 247 g/mol. The van der Waals surface area contributed by atoms with Crippen LogP contribution in [0.4, 0.5) is 0 Å². The zero-order valence-corrected chi connectivity index (χ0v) is 11.0. The van der Waals surface area contributed by atoms with Crippen LogP contribution in [-0.4, -0.2) is 24.5 Å². The minimum absolute atomic E-state index is 0.893. The number of hydrogen-bond acceptors (Lipinski definition) is 1. The van der Waals surface area contributed by atoms with Gasteiger partial charge in [-0.1, -0.05) is 44.2 Å². The lowest BCUT2D eigenvalue weighted by molar-refractivity contribution is 0.490. The Bertz CT molecular complexity index is 273. The van der Waals surface area contributed by atoms with Gasteiger partial charge in [0.1, 0.15) is 0 Å². The van der Waals surface area contributed by atoms with E-state index in [2.05, 4.69) is 18.4 Å². The summed E-state index contributed by atoms with van der Waals surface area (Å²) in [5.74, 6) is 0. The molecule has 4 heteroatoms. The number of rotatable bonds is 4. The summed E-state index contributed by atoms with van der Waals surface area (Å²) in [4.78, 5) is 0. The van der Waals surface area contributed by atoms with Gasteiger partial charge in [-0.05, 0) is 18.3 Å². The van der Waals surface area contributed by atoms with Gasteiger partial charge < -0.3 is 0 Å². The van der Waals surface area contributed by atoms with Crippen LogP contribution in [0.3, 0.4) is 0 Å². The van der Waals surface area contributed by atoms with Gasteiger partial charge in [-0.25, -0.2) is 0 Å². The van der Waals surface area contributed by atoms with Crippen LogP contribution >= 0.6 is 22.2 Å². The van der Waals surface area contributed by atoms with E-state index in [1.807, 2.05) is 30.3 Å². The number of halogens is 2. The SMILES string of the molecule is CCN(CC)[Si](Cl)(Cl)c1ccccc1. The van der Waals surface area contributed by atoms with Gasteiger partial charge in [0.25, 0.3) is 0 Å². The van der Waals surface area contributed by atoms with Gasteiger partial charge in [0, 0.05) is 0 Å². The van der Waals surface area contributed by atoms with Crippen molar-refractivity contribution < 1.29 is 0 Å². The summed E-state index contributed by atoms with van der Waals surface area (Å²) in [6.45, 7) is 3.52. The lowest BCUT2D eigenvalue weighted by Gasteiger charge is -2.30. The molecule has 0 aliphatic rings. The van der Waals surface area contributed by atoms with E-state index < -0.39 is 6.86 Å². The average Bonchev–Trinajstić information content (AvgIpc) is 2.20. The summed E-state index contributed by atoms with van der Waals surface area (Å²) in [5, 5.41) is 1.06. The number of hydrogen-bond donors (Lipinski definition) is 0. The molecule has 1 aromatic carbocycles. The van der Waals surface area contributed by atoms with E-state index in [0.29, 0.717) is 0 Å². The molecule has 0 radical (unpaired) electrons. The van der Waals surface area contributed by atoms with Crippen molar-refractivity contribution in [1.29, 1.82) is 0 Å². The molecule has 0 aliphatic carbocycles. The Morgan fingerprint density at radius 3 is 2.00 bits per heavy atom. The van der Waals surface area contributed by atoms with Gasteiger partial charge in [0.2, 0.25) is 0 Å². The second kappa shape index (κ2) is 5.17. The molecule has 1 nitrogen and oxygen atoms in total. The van der Waals surface area contributed by atoms with Gasteiger partial charge in [-0.3, -0.25) is 4.57 Å². The second-order valence-electron chi connectivity index (χ2n) is 3.08. The van der Waals surface area contributed by atoms with Crippen LogP contribution in [0.25, 0.3) is 0 Å². The Hall–Kier alpha value is -0.0231. The lowest BCUT2D eigenvalue weighted by Crippen LogP contribution is -2.53. The van der Waals surface area contributed by atoms with E-state index >= 15 is 0 Å². The third-order valence-corrected chi connectivity index (χ3v) is 7.48. The van der Waals surface area contributed by atoms with Crippen molar-refractivity contribution in [1.82, 2.24) is 4.57 Å². The van der Waals surface area contributed by atoms with Crippen molar-refractivity contribution in [2.75, 3.05) is 13.1 Å². The predicted molar refractivity (Wildman–Crippen MR) is 66.5 cm³/mol. The predicted octanol–water partition coefficient (Wildman–Crippen LogP) is 2.65. The van der Waals surface area contributed by atoms with E-state index in [1.54, 1.807) is 0 Å². The Morgan fingerprint density at radius 2 is 1.57 bits per heavy atom. The second-order valence-corrected chi connectivity index (χ2v) is 9.23. The first kappa shape index (κ1) is 12.0. The Morgan fingerprint density at radius 1 is 1.07 bits per heavy atom. The maximum atomic E-state index is 6.46. The standard InChI is InChI=1S/C10H15Cl2NSi/c1-3-13(4-2)14(11,12)10-8-6-5-7-9-10/h5-9H,3-4H2,1-2H3. The summed E-state index contributed by atoms with van der Waals surface area (Å²) in [5.41, 5.74) is 0. The topological polar surface area (TPSA) is 3.24 Å². The third-order valence-electron chi connectivity index (χ3n) is 2.28. The summed E-state index contributed by atoms with van der Waals surface area (Å²) < 4.78 is 2.14. The zero-order chi connectivity index (χ0) is 10.6. The molecule has 0 amide bonds. The summed E-state index contributed by atoms with van der Waals surface area (Å²) >= 11 is 12.9. The Balaban J connectivity index is 2.94. The van der Waals surface area contributed by atoms with Crippen LogP contribution in [0, 0.1) is 0 Å². The lowest BCUT2D eigenvalue weighted by atomic mass is 10.4. The fourth-order valence-electron chi connectivity index (χ4n) is 1.44. The maximum absolute atomic E-state index is 6.46. The number of nitrogens with zero attached hydrogens (tertiary/aromatic N) is 1. The molecular weight excluding hydrogens is 233 g/mol. The van der Waals surface area contributed by atoms with E-state index in [9.17, 15) is 0 Å². The molecule has 1 aromatic rings. The first-order valence-electron chi connectivity index (χ1n) is 4.81. The maximum Gasteiger partial charge on any atom is 0.356 e. The Kier molecular flexibility index (Phi) is 4.45. The molecule has 0 fully saturated rings. The van der Waals surface area contributed by atoms with Gasteiger partial charge in [-0.2, -0.15) is 0 Å².